The van der Waals surface area contributed by atoms with Gasteiger partial charge in [-0.25, -0.2) is 0 Å². The Hall–Kier alpha value is -0.590. The van der Waals surface area contributed by atoms with Crippen molar-refractivity contribution in [3.05, 3.63) is 26.9 Å². The molecule has 0 aliphatic carbocycles. The van der Waals surface area contributed by atoms with Gasteiger partial charge in [-0.3, -0.25) is 0 Å². The van der Waals surface area contributed by atoms with E-state index in [1.54, 1.807) is 17.4 Å². The Kier molecular flexibility index (Phi) is 2.67. The predicted octanol–water partition coefficient (Wildman–Crippen LogP) is 3.05. The minimum Gasteiger partial charge on any atom is -0.193 e. The second-order valence-electron chi connectivity index (χ2n) is 1.63. The molecule has 0 aliphatic rings. The van der Waals surface area contributed by atoms with E-state index in [1.165, 1.54) is 6.08 Å². The highest BCUT2D eigenvalue weighted by molar-refractivity contribution is 9.10. The lowest BCUT2D eigenvalue weighted by Gasteiger charge is -1.75. The highest BCUT2D eigenvalue weighted by Crippen LogP contribution is 2.20. The summed E-state index contributed by atoms with van der Waals surface area (Å²) in [5.74, 6) is 0. The Bertz CT molecular complexity index is 282. The van der Waals surface area contributed by atoms with E-state index in [-0.39, 0.29) is 0 Å². The topological polar surface area (TPSA) is 23.8 Å². The fourth-order valence-electron chi connectivity index (χ4n) is 0.535. The van der Waals surface area contributed by atoms with Crippen LogP contribution in [0.2, 0.25) is 0 Å². The monoisotopic (exact) mass is 213 g/mol. The summed E-state index contributed by atoms with van der Waals surface area (Å²) in [7, 11) is 0. The number of rotatable bonds is 1. The van der Waals surface area contributed by atoms with Crippen molar-refractivity contribution in [1.82, 2.24) is 0 Å². The van der Waals surface area contributed by atoms with Gasteiger partial charge in [-0.2, -0.15) is 5.26 Å². The zero-order chi connectivity index (χ0) is 7.40. The van der Waals surface area contributed by atoms with Crippen LogP contribution in [0.25, 0.3) is 6.08 Å². The van der Waals surface area contributed by atoms with Crippen LogP contribution in [0.4, 0.5) is 0 Å². The minimum absolute atomic E-state index is 1.06. The van der Waals surface area contributed by atoms with Crippen LogP contribution in [0.5, 0.6) is 0 Å². The van der Waals surface area contributed by atoms with Gasteiger partial charge in [0.05, 0.1) is 6.07 Å². The SMILES string of the molecule is N#C/C=C/c1cc(Br)cs1. The number of hydrogen-bond acceptors (Lipinski definition) is 2. The highest BCUT2D eigenvalue weighted by atomic mass is 79.9. The van der Waals surface area contributed by atoms with Crippen LogP contribution in [0.15, 0.2) is 22.0 Å². The van der Waals surface area contributed by atoms with Gasteiger partial charge in [0.1, 0.15) is 0 Å². The molecule has 0 aliphatic heterocycles. The summed E-state index contributed by atoms with van der Waals surface area (Å²) >= 11 is 4.92. The molecule has 0 atom stereocenters. The molecule has 0 unspecified atom stereocenters. The molecule has 0 N–H and O–H groups in total. The lowest BCUT2D eigenvalue weighted by atomic mass is 10.4. The molecule has 0 saturated carbocycles. The third kappa shape index (κ3) is 1.98. The maximum Gasteiger partial charge on any atom is 0.0912 e. The average molecular weight is 214 g/mol. The number of halogens is 1. The van der Waals surface area contributed by atoms with Crippen LogP contribution < -0.4 is 0 Å². The molecule has 0 fully saturated rings. The number of nitrogens with zero attached hydrogens (tertiary/aromatic N) is 1. The molecule has 0 spiro atoms. The fourth-order valence-corrected chi connectivity index (χ4v) is 1.87. The van der Waals surface area contributed by atoms with E-state index >= 15 is 0 Å². The molecule has 1 rings (SSSR count). The second-order valence-corrected chi connectivity index (χ2v) is 3.49. The molecule has 0 aromatic carbocycles. The van der Waals surface area contributed by atoms with Crippen molar-refractivity contribution < 1.29 is 0 Å². The quantitative estimate of drug-likeness (QED) is 0.659. The molecule has 3 heteroatoms. The molecule has 0 radical (unpaired) electrons. The van der Waals surface area contributed by atoms with Gasteiger partial charge in [-0.15, -0.1) is 11.3 Å². The van der Waals surface area contributed by atoms with Crippen LogP contribution in [-0.4, -0.2) is 0 Å². The zero-order valence-electron chi connectivity index (χ0n) is 5.04. The number of allylic oxidation sites excluding steroid dienone is 1. The van der Waals surface area contributed by atoms with Crippen LogP contribution in [0.1, 0.15) is 4.88 Å². The van der Waals surface area contributed by atoms with Gasteiger partial charge >= 0.3 is 0 Å². The number of thiophene rings is 1. The zero-order valence-corrected chi connectivity index (χ0v) is 7.45. The van der Waals surface area contributed by atoms with Gasteiger partial charge in [-0.05, 0) is 28.1 Å². The molecular formula is C7H4BrNS. The molecular weight excluding hydrogens is 210 g/mol. The Morgan fingerprint density at radius 2 is 2.50 bits per heavy atom. The molecule has 1 aromatic rings. The Labute approximate surface area is 71.7 Å². The van der Waals surface area contributed by atoms with E-state index in [2.05, 4.69) is 15.9 Å². The van der Waals surface area contributed by atoms with Gasteiger partial charge < -0.3 is 0 Å². The van der Waals surface area contributed by atoms with Crippen LogP contribution >= 0.6 is 27.3 Å². The Morgan fingerprint density at radius 1 is 1.70 bits per heavy atom. The van der Waals surface area contributed by atoms with E-state index in [9.17, 15) is 0 Å². The molecule has 1 nitrogen and oxygen atoms in total. The van der Waals surface area contributed by atoms with Crippen LogP contribution in [0.3, 0.4) is 0 Å². The van der Waals surface area contributed by atoms with Crippen molar-refractivity contribution in [3.8, 4) is 6.07 Å². The van der Waals surface area contributed by atoms with Gasteiger partial charge in [0.25, 0.3) is 0 Å². The summed E-state index contributed by atoms with van der Waals surface area (Å²) in [5, 5.41) is 10.2. The number of nitriles is 1. The summed E-state index contributed by atoms with van der Waals surface area (Å²) < 4.78 is 1.06. The van der Waals surface area contributed by atoms with Crippen molar-refractivity contribution in [1.29, 1.82) is 5.26 Å². The summed E-state index contributed by atoms with van der Waals surface area (Å²) in [6, 6.07) is 3.91. The highest BCUT2D eigenvalue weighted by Gasteiger charge is 1.90. The fraction of sp³-hybridized carbons (Fsp3) is 0. The normalized spacial score (nSPS) is 10.0. The third-order valence-electron chi connectivity index (χ3n) is 0.910. The van der Waals surface area contributed by atoms with Crippen molar-refractivity contribution >= 4 is 33.3 Å². The lowest BCUT2D eigenvalue weighted by Crippen LogP contribution is -1.53. The molecule has 0 saturated heterocycles. The summed E-state index contributed by atoms with van der Waals surface area (Å²) in [6.45, 7) is 0. The van der Waals surface area contributed by atoms with Crippen molar-refractivity contribution in [3.63, 3.8) is 0 Å². The van der Waals surface area contributed by atoms with Gasteiger partial charge in [0, 0.05) is 20.8 Å². The van der Waals surface area contributed by atoms with Crippen molar-refractivity contribution in [2.45, 2.75) is 0 Å². The molecule has 1 aromatic heterocycles. The second kappa shape index (κ2) is 3.55. The maximum absolute atomic E-state index is 8.19. The van der Waals surface area contributed by atoms with Crippen molar-refractivity contribution in [2.75, 3.05) is 0 Å². The van der Waals surface area contributed by atoms with Crippen molar-refractivity contribution in [2.24, 2.45) is 0 Å². The molecule has 10 heavy (non-hydrogen) atoms. The average Bonchev–Trinajstić information content (AvgIpc) is 2.31. The minimum atomic E-state index is 1.06. The first-order valence-electron chi connectivity index (χ1n) is 2.63. The number of hydrogen-bond donors (Lipinski definition) is 0. The van der Waals surface area contributed by atoms with Crippen LogP contribution in [-0.2, 0) is 0 Å². The van der Waals surface area contributed by atoms with E-state index < -0.39 is 0 Å². The Morgan fingerprint density at radius 3 is 3.00 bits per heavy atom. The molecule has 0 bridgehead atoms. The van der Waals surface area contributed by atoms with Gasteiger partial charge in [0.15, 0.2) is 0 Å². The summed E-state index contributed by atoms with van der Waals surface area (Å²) in [6.07, 6.45) is 3.26. The maximum atomic E-state index is 8.19. The van der Waals surface area contributed by atoms with E-state index in [0.717, 1.165) is 9.35 Å². The third-order valence-corrected chi connectivity index (χ3v) is 2.57. The first-order valence-corrected chi connectivity index (χ1v) is 4.30. The molecule has 50 valence electrons. The summed E-state index contributed by atoms with van der Waals surface area (Å²) in [4.78, 5) is 1.09. The van der Waals surface area contributed by atoms with Crippen LogP contribution in [0, 0.1) is 11.3 Å². The van der Waals surface area contributed by atoms with E-state index in [4.69, 9.17) is 5.26 Å². The lowest BCUT2D eigenvalue weighted by molar-refractivity contribution is 1.54. The standard InChI is InChI=1S/C7H4BrNS/c8-6-4-7(10-5-6)2-1-3-9/h1-2,4-5H/b2-1+. The molecule has 0 amide bonds. The first-order chi connectivity index (χ1) is 4.83. The van der Waals surface area contributed by atoms with E-state index in [0.29, 0.717) is 0 Å². The predicted molar refractivity (Wildman–Crippen MR) is 46.7 cm³/mol. The largest absolute Gasteiger partial charge is 0.193 e. The Balaban J connectivity index is 2.78. The van der Waals surface area contributed by atoms with Gasteiger partial charge in [-0.1, -0.05) is 0 Å². The first kappa shape index (κ1) is 7.52. The van der Waals surface area contributed by atoms with E-state index in [1.807, 2.05) is 17.5 Å². The smallest absolute Gasteiger partial charge is 0.0912 e. The van der Waals surface area contributed by atoms with Gasteiger partial charge in [0.2, 0.25) is 0 Å². The summed E-state index contributed by atoms with van der Waals surface area (Å²) in [5.41, 5.74) is 0. The molecule has 1 heterocycles.